The van der Waals surface area contributed by atoms with E-state index < -0.39 is 0 Å². The second kappa shape index (κ2) is 6.50. The molecule has 0 fully saturated rings. The van der Waals surface area contributed by atoms with Crippen LogP contribution < -0.4 is 16.4 Å². The van der Waals surface area contributed by atoms with Gasteiger partial charge in [0.15, 0.2) is 11.6 Å². The number of hydrogen-bond acceptors (Lipinski definition) is 6. The fourth-order valence-corrected chi connectivity index (χ4v) is 2.15. The van der Waals surface area contributed by atoms with E-state index >= 15 is 0 Å². The first-order chi connectivity index (χ1) is 11.1. The van der Waals surface area contributed by atoms with Gasteiger partial charge in [0.1, 0.15) is 12.0 Å². The van der Waals surface area contributed by atoms with Crippen molar-refractivity contribution in [3.8, 4) is 0 Å². The molecule has 2 aromatic heterocycles. The Morgan fingerprint density at radius 2 is 1.61 bits per heavy atom. The van der Waals surface area contributed by atoms with E-state index in [0.717, 1.165) is 16.9 Å². The molecule has 0 aliphatic rings. The number of nitrogens with two attached hydrogens (primary N) is 1. The number of nitrogens with one attached hydrogen (secondary N) is 2. The van der Waals surface area contributed by atoms with Crippen molar-refractivity contribution in [1.82, 2.24) is 15.0 Å². The molecule has 0 radical (unpaired) electrons. The molecule has 0 amide bonds. The molecule has 0 saturated heterocycles. The summed E-state index contributed by atoms with van der Waals surface area (Å²) in [6, 6.07) is 9.33. The summed E-state index contributed by atoms with van der Waals surface area (Å²) in [6.45, 7) is 1.95. The third-order valence-electron chi connectivity index (χ3n) is 3.26. The predicted octanol–water partition coefficient (Wildman–Crippen LogP) is 3.90. The van der Waals surface area contributed by atoms with Crippen LogP contribution in [0.4, 0.5) is 28.7 Å². The van der Waals surface area contributed by atoms with Crippen molar-refractivity contribution in [3.63, 3.8) is 0 Å². The molecular weight excluding hydrogens is 312 g/mol. The summed E-state index contributed by atoms with van der Waals surface area (Å²) in [7, 11) is 0. The Morgan fingerprint density at radius 1 is 0.957 bits per heavy atom. The topological polar surface area (TPSA) is 88.8 Å². The zero-order valence-corrected chi connectivity index (χ0v) is 13.2. The molecule has 0 saturated carbocycles. The van der Waals surface area contributed by atoms with Crippen LogP contribution in [-0.4, -0.2) is 15.0 Å². The summed E-state index contributed by atoms with van der Waals surface area (Å²) in [5, 5.41) is 6.97. The Bertz CT molecular complexity index is 822. The van der Waals surface area contributed by atoms with E-state index in [2.05, 4.69) is 25.6 Å². The number of aromatic nitrogens is 3. The molecule has 4 N–H and O–H groups in total. The van der Waals surface area contributed by atoms with Crippen LogP contribution >= 0.6 is 11.6 Å². The van der Waals surface area contributed by atoms with Gasteiger partial charge in [-0.3, -0.25) is 4.98 Å². The summed E-state index contributed by atoms with van der Waals surface area (Å²) in [6.07, 6.45) is 4.82. The summed E-state index contributed by atoms with van der Waals surface area (Å²) in [5.41, 5.74) is 9.22. The summed E-state index contributed by atoms with van der Waals surface area (Å²) in [5.74, 6) is 1.03. The minimum Gasteiger partial charge on any atom is -0.393 e. The smallest absolute Gasteiger partial charge is 0.159 e. The Balaban J connectivity index is 1.86. The van der Waals surface area contributed by atoms with Gasteiger partial charge in [0.05, 0.1) is 0 Å². The maximum Gasteiger partial charge on any atom is 0.159 e. The average Bonchev–Trinajstić information content (AvgIpc) is 2.56. The number of pyridine rings is 1. The number of hydrogen-bond donors (Lipinski definition) is 3. The van der Waals surface area contributed by atoms with Gasteiger partial charge in [0.25, 0.3) is 0 Å². The second-order valence-electron chi connectivity index (χ2n) is 4.93. The fourth-order valence-electron chi connectivity index (χ4n) is 1.97. The van der Waals surface area contributed by atoms with Crippen molar-refractivity contribution in [1.29, 1.82) is 0 Å². The standard InChI is InChI=1S/C16H15ClN6/c1-10-2-3-12(8-13(10)17)23-16-14(18)15(20-9-21-16)22-11-4-6-19-7-5-11/h2-9H,18H2,1H3,(H2,19,20,21,22,23). The van der Waals surface area contributed by atoms with Crippen LogP contribution in [0.2, 0.25) is 5.02 Å². The van der Waals surface area contributed by atoms with E-state index in [9.17, 15) is 0 Å². The Hall–Kier alpha value is -2.86. The first-order valence-corrected chi connectivity index (χ1v) is 7.32. The van der Waals surface area contributed by atoms with Crippen molar-refractivity contribution in [2.45, 2.75) is 6.92 Å². The molecule has 0 bridgehead atoms. The van der Waals surface area contributed by atoms with Crippen molar-refractivity contribution < 1.29 is 0 Å². The Labute approximate surface area is 138 Å². The number of anilines is 5. The van der Waals surface area contributed by atoms with Gasteiger partial charge in [-0.1, -0.05) is 17.7 Å². The zero-order valence-electron chi connectivity index (χ0n) is 12.4. The molecule has 3 rings (SSSR count). The lowest BCUT2D eigenvalue weighted by atomic mass is 10.2. The van der Waals surface area contributed by atoms with Crippen LogP contribution in [0.15, 0.2) is 49.1 Å². The highest BCUT2D eigenvalue weighted by atomic mass is 35.5. The third kappa shape index (κ3) is 3.49. The van der Waals surface area contributed by atoms with Crippen LogP contribution in [0.1, 0.15) is 5.56 Å². The Kier molecular flexibility index (Phi) is 4.25. The van der Waals surface area contributed by atoms with Crippen molar-refractivity contribution >= 4 is 40.3 Å². The molecule has 0 unspecified atom stereocenters. The van der Waals surface area contributed by atoms with E-state index in [4.69, 9.17) is 17.3 Å². The van der Waals surface area contributed by atoms with Gasteiger partial charge in [-0.2, -0.15) is 0 Å². The first-order valence-electron chi connectivity index (χ1n) is 6.94. The second-order valence-corrected chi connectivity index (χ2v) is 5.34. The molecular formula is C16H15ClN6. The molecule has 7 heteroatoms. The summed E-state index contributed by atoms with van der Waals surface area (Å²) >= 11 is 6.14. The highest BCUT2D eigenvalue weighted by Gasteiger charge is 2.09. The van der Waals surface area contributed by atoms with Gasteiger partial charge in [-0.25, -0.2) is 9.97 Å². The van der Waals surface area contributed by atoms with Crippen LogP contribution in [0.25, 0.3) is 0 Å². The van der Waals surface area contributed by atoms with E-state index in [1.165, 1.54) is 6.33 Å². The minimum atomic E-state index is 0.418. The largest absolute Gasteiger partial charge is 0.393 e. The van der Waals surface area contributed by atoms with Gasteiger partial charge in [0, 0.05) is 28.8 Å². The predicted molar refractivity (Wildman–Crippen MR) is 93.4 cm³/mol. The SMILES string of the molecule is Cc1ccc(Nc2ncnc(Nc3ccncc3)c2N)cc1Cl. The van der Waals surface area contributed by atoms with E-state index in [-0.39, 0.29) is 0 Å². The van der Waals surface area contributed by atoms with Crippen molar-refractivity contribution in [2.24, 2.45) is 0 Å². The number of halogens is 1. The number of aryl methyl sites for hydroxylation is 1. The lowest BCUT2D eigenvalue weighted by Crippen LogP contribution is -2.05. The molecule has 0 aliphatic heterocycles. The van der Waals surface area contributed by atoms with Crippen molar-refractivity contribution in [2.75, 3.05) is 16.4 Å². The molecule has 3 aromatic rings. The maximum atomic E-state index is 6.15. The monoisotopic (exact) mass is 326 g/mol. The number of rotatable bonds is 4. The lowest BCUT2D eigenvalue weighted by Gasteiger charge is -2.13. The zero-order chi connectivity index (χ0) is 16.2. The van der Waals surface area contributed by atoms with Crippen LogP contribution in [0, 0.1) is 6.92 Å². The van der Waals surface area contributed by atoms with Gasteiger partial charge in [0.2, 0.25) is 0 Å². The fraction of sp³-hybridized carbons (Fsp3) is 0.0625. The number of nitrogens with zero attached hydrogens (tertiary/aromatic N) is 3. The maximum absolute atomic E-state index is 6.15. The van der Waals surface area contributed by atoms with Gasteiger partial charge < -0.3 is 16.4 Å². The lowest BCUT2D eigenvalue weighted by molar-refractivity contribution is 1.17. The molecule has 23 heavy (non-hydrogen) atoms. The molecule has 6 nitrogen and oxygen atoms in total. The first kappa shape index (κ1) is 15.1. The average molecular weight is 327 g/mol. The number of nitrogen functional groups attached to an aromatic ring is 1. The molecule has 0 atom stereocenters. The highest BCUT2D eigenvalue weighted by molar-refractivity contribution is 6.31. The quantitative estimate of drug-likeness (QED) is 0.673. The van der Waals surface area contributed by atoms with Gasteiger partial charge in [-0.15, -0.1) is 0 Å². The molecule has 0 aliphatic carbocycles. The number of benzene rings is 1. The third-order valence-corrected chi connectivity index (χ3v) is 3.67. The minimum absolute atomic E-state index is 0.418. The summed E-state index contributed by atoms with van der Waals surface area (Å²) in [4.78, 5) is 12.3. The highest BCUT2D eigenvalue weighted by Crippen LogP contribution is 2.29. The van der Waals surface area contributed by atoms with Crippen molar-refractivity contribution in [3.05, 3.63) is 59.6 Å². The van der Waals surface area contributed by atoms with E-state index in [1.807, 2.05) is 37.3 Å². The van der Waals surface area contributed by atoms with Crippen LogP contribution in [0.3, 0.4) is 0 Å². The normalized spacial score (nSPS) is 10.3. The molecule has 2 heterocycles. The summed E-state index contributed by atoms with van der Waals surface area (Å²) < 4.78 is 0. The molecule has 116 valence electrons. The Morgan fingerprint density at radius 3 is 2.26 bits per heavy atom. The van der Waals surface area contributed by atoms with Crippen LogP contribution in [0.5, 0.6) is 0 Å². The van der Waals surface area contributed by atoms with Gasteiger partial charge in [-0.05, 0) is 36.8 Å². The van der Waals surface area contributed by atoms with E-state index in [1.54, 1.807) is 12.4 Å². The molecule has 0 spiro atoms. The molecule has 1 aromatic carbocycles. The van der Waals surface area contributed by atoms with Gasteiger partial charge >= 0.3 is 0 Å². The van der Waals surface area contributed by atoms with Crippen LogP contribution in [-0.2, 0) is 0 Å². The van der Waals surface area contributed by atoms with E-state index in [0.29, 0.717) is 22.3 Å².